The Labute approximate surface area is 162 Å². The van der Waals surface area contributed by atoms with Gasteiger partial charge in [0.15, 0.2) is 0 Å². The average molecular weight is 385 g/mol. The molecule has 0 unspecified atom stereocenters. The minimum atomic E-state index is -0.782. The molecule has 1 fully saturated rings. The molecule has 2 heterocycles. The summed E-state index contributed by atoms with van der Waals surface area (Å²) in [6.45, 7) is 2.17. The number of hydrogen-bond donors (Lipinski definition) is 3. The van der Waals surface area contributed by atoms with Crippen molar-refractivity contribution < 1.29 is 23.5 Å². The van der Waals surface area contributed by atoms with Crippen LogP contribution in [0.4, 0.5) is 0 Å². The van der Waals surface area contributed by atoms with Crippen LogP contribution in [0.15, 0.2) is 53.1 Å². The summed E-state index contributed by atoms with van der Waals surface area (Å²) in [6.07, 6.45) is 1.85. The van der Waals surface area contributed by atoms with Gasteiger partial charge in [0.05, 0.1) is 19.4 Å². The van der Waals surface area contributed by atoms with Gasteiger partial charge in [0.2, 0.25) is 11.8 Å². The fraction of sp³-hybridized carbons (Fsp3) is 0.350. The summed E-state index contributed by atoms with van der Waals surface area (Å²) >= 11 is 0. The van der Waals surface area contributed by atoms with Crippen LogP contribution >= 0.6 is 0 Å². The lowest BCUT2D eigenvalue weighted by Crippen LogP contribution is -2.49. The highest BCUT2D eigenvalue weighted by Gasteiger charge is 2.49. The van der Waals surface area contributed by atoms with Gasteiger partial charge in [-0.1, -0.05) is 30.3 Å². The van der Waals surface area contributed by atoms with Crippen LogP contribution in [0.1, 0.15) is 18.2 Å². The SMILES string of the molecule is CCOC(=O)[C@H]1N[C@@H]1C(=O)N[C@@H](Cc1ccccc1)C(=O)NCc1ccco1. The molecule has 1 aliphatic heterocycles. The van der Waals surface area contributed by atoms with Gasteiger partial charge in [-0.25, -0.2) is 0 Å². The monoisotopic (exact) mass is 385 g/mol. The van der Waals surface area contributed by atoms with Gasteiger partial charge in [0.1, 0.15) is 23.9 Å². The Bertz CT molecular complexity index is 807. The fourth-order valence-corrected chi connectivity index (χ4v) is 2.83. The molecule has 8 heteroatoms. The molecule has 0 saturated carbocycles. The minimum Gasteiger partial charge on any atom is -0.467 e. The van der Waals surface area contributed by atoms with Crippen molar-refractivity contribution >= 4 is 17.8 Å². The first-order chi connectivity index (χ1) is 13.6. The highest BCUT2D eigenvalue weighted by atomic mass is 16.5. The van der Waals surface area contributed by atoms with Crippen molar-refractivity contribution in [3.8, 4) is 0 Å². The predicted molar refractivity (Wildman–Crippen MR) is 100.0 cm³/mol. The maximum Gasteiger partial charge on any atom is 0.325 e. The van der Waals surface area contributed by atoms with Crippen molar-refractivity contribution in [3.05, 3.63) is 60.1 Å². The zero-order chi connectivity index (χ0) is 19.9. The van der Waals surface area contributed by atoms with Crippen LogP contribution in [0.5, 0.6) is 0 Å². The summed E-state index contributed by atoms with van der Waals surface area (Å²) in [5, 5.41) is 8.28. The third kappa shape index (κ3) is 5.20. The van der Waals surface area contributed by atoms with E-state index in [0.717, 1.165) is 5.56 Å². The smallest absolute Gasteiger partial charge is 0.325 e. The lowest BCUT2D eigenvalue weighted by atomic mass is 10.0. The second-order valence-electron chi connectivity index (χ2n) is 6.42. The molecular formula is C20H23N3O5. The van der Waals surface area contributed by atoms with Crippen LogP contribution < -0.4 is 16.0 Å². The largest absolute Gasteiger partial charge is 0.467 e. The Morgan fingerprint density at radius 3 is 2.61 bits per heavy atom. The molecule has 3 atom stereocenters. The van der Waals surface area contributed by atoms with Crippen molar-refractivity contribution in [1.29, 1.82) is 0 Å². The lowest BCUT2D eigenvalue weighted by Gasteiger charge is -2.18. The van der Waals surface area contributed by atoms with Crippen LogP contribution in [0.3, 0.4) is 0 Å². The number of hydrogen-bond acceptors (Lipinski definition) is 6. The first kappa shape index (κ1) is 19.6. The summed E-state index contributed by atoms with van der Waals surface area (Å²) in [4.78, 5) is 36.9. The van der Waals surface area contributed by atoms with E-state index in [1.807, 2.05) is 30.3 Å². The Hall–Kier alpha value is -3.13. The normalized spacial score (nSPS) is 18.8. The van der Waals surface area contributed by atoms with E-state index in [-0.39, 0.29) is 19.1 Å². The molecule has 0 aliphatic carbocycles. The average Bonchev–Trinajstić information content (AvgIpc) is 3.34. The summed E-state index contributed by atoms with van der Waals surface area (Å²) in [6, 6.07) is 10.7. The summed E-state index contributed by atoms with van der Waals surface area (Å²) in [5.41, 5.74) is 0.909. The molecule has 1 aliphatic rings. The van der Waals surface area contributed by atoms with Crippen LogP contribution in [-0.2, 0) is 32.1 Å². The van der Waals surface area contributed by atoms with Crippen molar-refractivity contribution in [2.45, 2.75) is 38.0 Å². The Morgan fingerprint density at radius 2 is 1.93 bits per heavy atom. The number of carbonyl (C=O) groups excluding carboxylic acids is 3. The molecule has 0 bridgehead atoms. The van der Waals surface area contributed by atoms with Crippen LogP contribution in [0.25, 0.3) is 0 Å². The van der Waals surface area contributed by atoms with Crippen LogP contribution in [0, 0.1) is 0 Å². The molecule has 28 heavy (non-hydrogen) atoms. The molecule has 0 radical (unpaired) electrons. The first-order valence-electron chi connectivity index (χ1n) is 9.15. The van der Waals surface area contributed by atoms with Crippen LogP contribution in [0.2, 0.25) is 0 Å². The Kier molecular flexibility index (Phi) is 6.44. The molecule has 0 spiro atoms. The Balaban J connectivity index is 1.61. The number of rotatable bonds is 9. The molecule has 2 aromatic rings. The number of benzene rings is 1. The van der Waals surface area contributed by atoms with E-state index in [2.05, 4.69) is 16.0 Å². The van der Waals surface area contributed by atoms with E-state index >= 15 is 0 Å². The topological polar surface area (TPSA) is 120 Å². The van der Waals surface area contributed by atoms with E-state index in [1.165, 1.54) is 6.26 Å². The summed E-state index contributed by atoms with van der Waals surface area (Å²) in [7, 11) is 0. The summed E-state index contributed by atoms with van der Waals surface area (Å²) in [5.74, 6) is -0.594. The second-order valence-corrected chi connectivity index (χ2v) is 6.42. The highest BCUT2D eigenvalue weighted by Crippen LogP contribution is 2.14. The molecule has 8 nitrogen and oxygen atoms in total. The van der Waals surface area contributed by atoms with Crippen molar-refractivity contribution in [2.24, 2.45) is 0 Å². The zero-order valence-corrected chi connectivity index (χ0v) is 15.5. The zero-order valence-electron chi connectivity index (χ0n) is 15.5. The van der Waals surface area contributed by atoms with E-state index < -0.39 is 30.0 Å². The van der Waals surface area contributed by atoms with Gasteiger partial charge in [0, 0.05) is 6.42 Å². The van der Waals surface area contributed by atoms with Gasteiger partial charge in [-0.3, -0.25) is 19.7 Å². The maximum absolute atomic E-state index is 12.7. The second kappa shape index (κ2) is 9.18. The van der Waals surface area contributed by atoms with Gasteiger partial charge in [-0.05, 0) is 24.6 Å². The first-order valence-corrected chi connectivity index (χ1v) is 9.15. The standard InChI is InChI=1S/C20H23N3O5/c1-2-27-20(26)17-16(23-17)19(25)22-15(11-13-7-4-3-5-8-13)18(24)21-12-14-9-6-10-28-14/h3-10,15-17,23H,2,11-12H2,1H3,(H,21,24)(H,22,25)/t15-,16-,17-/m0/s1. The van der Waals surface area contributed by atoms with Crippen molar-refractivity contribution in [3.63, 3.8) is 0 Å². The maximum atomic E-state index is 12.7. The third-order valence-electron chi connectivity index (χ3n) is 4.34. The predicted octanol–water partition coefficient (Wildman–Crippen LogP) is 0.527. The van der Waals surface area contributed by atoms with E-state index in [9.17, 15) is 14.4 Å². The van der Waals surface area contributed by atoms with Crippen molar-refractivity contribution in [2.75, 3.05) is 6.61 Å². The van der Waals surface area contributed by atoms with Gasteiger partial charge in [0.25, 0.3) is 0 Å². The molecular weight excluding hydrogens is 362 g/mol. The van der Waals surface area contributed by atoms with Gasteiger partial charge in [-0.15, -0.1) is 0 Å². The molecule has 2 amide bonds. The third-order valence-corrected chi connectivity index (χ3v) is 4.34. The van der Waals surface area contributed by atoms with Gasteiger partial charge in [-0.2, -0.15) is 0 Å². The number of esters is 1. The number of ether oxygens (including phenoxy) is 1. The number of amides is 2. The fourth-order valence-electron chi connectivity index (χ4n) is 2.83. The van der Waals surface area contributed by atoms with Crippen LogP contribution in [-0.4, -0.2) is 42.5 Å². The molecule has 1 aromatic heterocycles. The molecule has 3 N–H and O–H groups in total. The van der Waals surface area contributed by atoms with Gasteiger partial charge < -0.3 is 19.8 Å². The van der Waals surface area contributed by atoms with Gasteiger partial charge >= 0.3 is 5.97 Å². The molecule has 3 rings (SSSR count). The van der Waals surface area contributed by atoms with E-state index in [4.69, 9.17) is 9.15 Å². The van der Waals surface area contributed by atoms with E-state index in [1.54, 1.807) is 19.1 Å². The highest BCUT2D eigenvalue weighted by molar-refractivity contribution is 5.97. The minimum absolute atomic E-state index is 0.222. The number of carbonyl (C=O) groups is 3. The number of furan rings is 1. The quantitative estimate of drug-likeness (QED) is 0.428. The molecule has 1 aromatic carbocycles. The lowest BCUT2D eigenvalue weighted by molar-refractivity contribution is -0.143. The van der Waals surface area contributed by atoms with E-state index in [0.29, 0.717) is 12.2 Å². The summed E-state index contributed by atoms with van der Waals surface area (Å²) < 4.78 is 10.1. The Morgan fingerprint density at radius 1 is 1.14 bits per heavy atom. The van der Waals surface area contributed by atoms with Crippen molar-refractivity contribution in [1.82, 2.24) is 16.0 Å². The number of nitrogens with one attached hydrogen (secondary N) is 3. The molecule has 1 saturated heterocycles. The molecule has 148 valence electrons.